The van der Waals surface area contributed by atoms with Crippen molar-refractivity contribution in [3.05, 3.63) is 27.7 Å². The third-order valence-electron chi connectivity index (χ3n) is 2.39. The van der Waals surface area contributed by atoms with Crippen molar-refractivity contribution in [3.8, 4) is 0 Å². The van der Waals surface area contributed by atoms with Gasteiger partial charge in [0, 0.05) is 10.2 Å². The highest BCUT2D eigenvalue weighted by molar-refractivity contribution is 9.10. The molecule has 0 aliphatic heterocycles. The van der Waals surface area contributed by atoms with Crippen LogP contribution in [-0.2, 0) is 4.79 Å². The molecule has 0 aliphatic carbocycles. The summed E-state index contributed by atoms with van der Waals surface area (Å²) < 4.78 is 0.647. The molecular formula is C12H14BrClN2O3S. The number of nitrogens with one attached hydrogen (secondary N) is 2. The fraction of sp³-hybridized carbons (Fsp3) is 0.333. The molecule has 0 fully saturated rings. The van der Waals surface area contributed by atoms with E-state index in [1.165, 1.54) is 11.8 Å². The second kappa shape index (κ2) is 8.39. The average molecular weight is 382 g/mol. The lowest BCUT2D eigenvalue weighted by atomic mass is 10.2. The highest BCUT2D eigenvalue weighted by atomic mass is 79.9. The number of amides is 2. The summed E-state index contributed by atoms with van der Waals surface area (Å²) in [7, 11) is 0. The van der Waals surface area contributed by atoms with Crippen LogP contribution < -0.4 is 10.6 Å². The quantitative estimate of drug-likeness (QED) is 0.705. The maximum absolute atomic E-state index is 11.7. The lowest BCUT2D eigenvalue weighted by Gasteiger charge is -2.14. The minimum Gasteiger partial charge on any atom is -0.480 e. The van der Waals surface area contributed by atoms with Crippen molar-refractivity contribution in [2.45, 2.75) is 12.5 Å². The van der Waals surface area contributed by atoms with Crippen molar-refractivity contribution >= 4 is 57.0 Å². The van der Waals surface area contributed by atoms with Gasteiger partial charge in [0.05, 0.1) is 5.02 Å². The Bertz CT molecular complexity index is 502. The Labute approximate surface area is 134 Å². The molecule has 5 nitrogen and oxygen atoms in total. The minimum atomic E-state index is -1.05. The third-order valence-corrected chi connectivity index (χ3v) is 4.25. The number of hydrogen-bond acceptors (Lipinski definition) is 3. The number of carbonyl (C=O) groups is 2. The molecule has 0 unspecified atom stereocenters. The molecule has 3 N–H and O–H groups in total. The SMILES string of the molecule is CSCC[C@H](NC(=O)Nc1ccc(Cl)c(Br)c1)C(=O)O. The summed E-state index contributed by atoms with van der Waals surface area (Å²) >= 11 is 10.6. The van der Waals surface area contributed by atoms with E-state index in [0.29, 0.717) is 27.4 Å². The molecule has 0 spiro atoms. The number of halogens is 2. The second-order valence-electron chi connectivity index (χ2n) is 3.90. The topological polar surface area (TPSA) is 78.4 Å². The molecule has 20 heavy (non-hydrogen) atoms. The van der Waals surface area contributed by atoms with E-state index in [9.17, 15) is 9.59 Å². The summed E-state index contributed by atoms with van der Waals surface area (Å²) in [5.74, 6) is -0.393. The monoisotopic (exact) mass is 380 g/mol. The van der Waals surface area contributed by atoms with Gasteiger partial charge < -0.3 is 15.7 Å². The first-order valence-electron chi connectivity index (χ1n) is 5.68. The molecule has 2 amide bonds. The maximum Gasteiger partial charge on any atom is 0.326 e. The Morgan fingerprint density at radius 1 is 1.50 bits per heavy atom. The Kier molecular flexibility index (Phi) is 7.18. The van der Waals surface area contributed by atoms with Crippen LogP contribution in [-0.4, -0.2) is 35.2 Å². The summed E-state index contributed by atoms with van der Waals surface area (Å²) in [6.07, 6.45) is 2.25. The van der Waals surface area contributed by atoms with Crippen LogP contribution in [0.4, 0.5) is 10.5 Å². The van der Waals surface area contributed by atoms with Crippen LogP contribution in [0.5, 0.6) is 0 Å². The Hall–Kier alpha value is -0.920. The smallest absolute Gasteiger partial charge is 0.326 e. The number of anilines is 1. The van der Waals surface area contributed by atoms with Crippen molar-refractivity contribution in [1.82, 2.24) is 5.32 Å². The molecule has 1 aromatic carbocycles. The number of rotatable bonds is 6. The van der Waals surface area contributed by atoms with E-state index in [-0.39, 0.29) is 0 Å². The molecule has 0 aliphatic rings. The van der Waals surface area contributed by atoms with Gasteiger partial charge in [0.15, 0.2) is 0 Å². The third kappa shape index (κ3) is 5.60. The number of carboxylic acids is 1. The van der Waals surface area contributed by atoms with Crippen LogP contribution in [0, 0.1) is 0 Å². The molecule has 110 valence electrons. The van der Waals surface area contributed by atoms with Gasteiger partial charge in [0.25, 0.3) is 0 Å². The number of aliphatic carboxylic acids is 1. The predicted molar refractivity (Wildman–Crippen MR) is 85.7 cm³/mol. The molecule has 8 heteroatoms. The van der Waals surface area contributed by atoms with Crippen LogP contribution >= 0.6 is 39.3 Å². The van der Waals surface area contributed by atoms with Crippen molar-refractivity contribution in [2.24, 2.45) is 0 Å². The molecule has 0 radical (unpaired) electrons. The normalized spacial score (nSPS) is 11.8. The fourth-order valence-corrected chi connectivity index (χ4v) is 2.36. The first kappa shape index (κ1) is 17.1. The van der Waals surface area contributed by atoms with Gasteiger partial charge in [0.1, 0.15) is 6.04 Å². The Balaban J connectivity index is 2.60. The Morgan fingerprint density at radius 3 is 2.75 bits per heavy atom. The molecule has 1 aromatic rings. The molecule has 0 saturated heterocycles. The highest BCUT2D eigenvalue weighted by Gasteiger charge is 2.19. The van der Waals surface area contributed by atoms with Gasteiger partial charge in [-0.2, -0.15) is 11.8 Å². The number of hydrogen-bond donors (Lipinski definition) is 3. The lowest BCUT2D eigenvalue weighted by molar-refractivity contribution is -0.139. The van der Waals surface area contributed by atoms with E-state index in [0.717, 1.165) is 0 Å². The molecule has 0 heterocycles. The number of urea groups is 1. The van der Waals surface area contributed by atoms with E-state index in [4.69, 9.17) is 16.7 Å². The van der Waals surface area contributed by atoms with Crippen molar-refractivity contribution in [1.29, 1.82) is 0 Å². The maximum atomic E-state index is 11.7. The second-order valence-corrected chi connectivity index (χ2v) is 6.15. The Morgan fingerprint density at radius 2 is 2.20 bits per heavy atom. The van der Waals surface area contributed by atoms with Gasteiger partial charge in [-0.1, -0.05) is 11.6 Å². The predicted octanol–water partition coefficient (Wildman–Crippen LogP) is 3.43. The molecule has 0 saturated carbocycles. The summed E-state index contributed by atoms with van der Waals surface area (Å²) in [5.41, 5.74) is 0.521. The van der Waals surface area contributed by atoms with Crippen LogP contribution in [0.3, 0.4) is 0 Å². The number of carboxylic acid groups (broad SMARTS) is 1. The summed E-state index contributed by atoms with van der Waals surface area (Å²) in [6, 6.07) is 3.43. The van der Waals surface area contributed by atoms with Gasteiger partial charge in [-0.3, -0.25) is 0 Å². The van der Waals surface area contributed by atoms with E-state index < -0.39 is 18.0 Å². The zero-order chi connectivity index (χ0) is 15.1. The van der Waals surface area contributed by atoms with Crippen LogP contribution in [0.25, 0.3) is 0 Å². The summed E-state index contributed by atoms with van der Waals surface area (Å²) in [6.45, 7) is 0. The molecule has 0 aromatic heterocycles. The van der Waals surface area contributed by atoms with E-state index in [2.05, 4.69) is 26.6 Å². The molecule has 1 atom stereocenters. The summed E-state index contributed by atoms with van der Waals surface area (Å²) in [4.78, 5) is 22.8. The van der Waals surface area contributed by atoms with Crippen molar-refractivity contribution < 1.29 is 14.7 Å². The molecule has 1 rings (SSSR count). The van der Waals surface area contributed by atoms with Gasteiger partial charge in [-0.05, 0) is 52.6 Å². The first-order valence-corrected chi connectivity index (χ1v) is 8.25. The number of benzene rings is 1. The zero-order valence-electron chi connectivity index (χ0n) is 10.7. The number of carbonyl (C=O) groups excluding carboxylic acids is 1. The number of thioether (sulfide) groups is 1. The van der Waals surface area contributed by atoms with E-state index in [1.807, 2.05) is 6.26 Å². The van der Waals surface area contributed by atoms with Gasteiger partial charge >= 0.3 is 12.0 Å². The van der Waals surface area contributed by atoms with Crippen LogP contribution in [0.2, 0.25) is 5.02 Å². The van der Waals surface area contributed by atoms with Gasteiger partial charge in [0.2, 0.25) is 0 Å². The van der Waals surface area contributed by atoms with Gasteiger partial charge in [-0.25, -0.2) is 9.59 Å². The molecular weight excluding hydrogens is 368 g/mol. The van der Waals surface area contributed by atoms with Crippen molar-refractivity contribution in [2.75, 3.05) is 17.3 Å². The van der Waals surface area contributed by atoms with Crippen LogP contribution in [0.15, 0.2) is 22.7 Å². The van der Waals surface area contributed by atoms with E-state index >= 15 is 0 Å². The molecule has 0 bridgehead atoms. The first-order chi connectivity index (χ1) is 9.43. The van der Waals surface area contributed by atoms with Crippen LogP contribution in [0.1, 0.15) is 6.42 Å². The zero-order valence-corrected chi connectivity index (χ0v) is 13.8. The lowest BCUT2D eigenvalue weighted by Crippen LogP contribution is -2.43. The van der Waals surface area contributed by atoms with Crippen molar-refractivity contribution in [3.63, 3.8) is 0 Å². The van der Waals surface area contributed by atoms with E-state index in [1.54, 1.807) is 18.2 Å². The van der Waals surface area contributed by atoms with Gasteiger partial charge in [-0.15, -0.1) is 0 Å². The summed E-state index contributed by atoms with van der Waals surface area (Å²) in [5, 5.41) is 14.5. The standard InChI is InChI=1S/C12H14BrClN2O3S/c1-20-5-4-10(11(17)18)16-12(19)15-7-2-3-9(14)8(13)6-7/h2-3,6,10H,4-5H2,1H3,(H,17,18)(H2,15,16,19)/t10-/m0/s1. The minimum absolute atomic E-state index is 0.369. The highest BCUT2D eigenvalue weighted by Crippen LogP contribution is 2.25. The average Bonchev–Trinajstić information content (AvgIpc) is 2.38. The largest absolute Gasteiger partial charge is 0.480 e. The fourth-order valence-electron chi connectivity index (χ4n) is 1.39.